The molecule has 1 aromatic heterocycles. The number of nitrogens with zero attached hydrogens (tertiary/aromatic N) is 2. The van der Waals surface area contributed by atoms with Crippen molar-refractivity contribution in [2.45, 2.75) is 26.4 Å². The lowest BCUT2D eigenvalue weighted by atomic mass is 10.1. The van der Waals surface area contributed by atoms with Crippen molar-refractivity contribution >= 4 is 0 Å². The molecule has 0 saturated carbocycles. The lowest BCUT2D eigenvalue weighted by Crippen LogP contribution is -2.18. The summed E-state index contributed by atoms with van der Waals surface area (Å²) in [4.78, 5) is 4.10. The van der Waals surface area contributed by atoms with E-state index in [9.17, 15) is 4.39 Å². The summed E-state index contributed by atoms with van der Waals surface area (Å²) in [6.45, 7) is 6.02. The molecule has 1 N–H and O–H groups in total. The van der Waals surface area contributed by atoms with Crippen LogP contribution < -0.4 is 19.5 Å². The zero-order valence-corrected chi connectivity index (χ0v) is 20.0. The number of imidazole rings is 1. The van der Waals surface area contributed by atoms with Gasteiger partial charge in [-0.15, -0.1) is 0 Å². The van der Waals surface area contributed by atoms with Gasteiger partial charge in [-0.1, -0.05) is 18.2 Å². The molecule has 0 aliphatic carbocycles. The average Bonchev–Trinajstić information content (AvgIpc) is 3.42. The highest BCUT2D eigenvalue weighted by molar-refractivity contribution is 5.43. The van der Waals surface area contributed by atoms with Crippen molar-refractivity contribution in [3.63, 3.8) is 0 Å². The minimum atomic E-state index is -0.289. The zero-order chi connectivity index (χ0) is 24.5. The van der Waals surface area contributed by atoms with Crippen LogP contribution in [0.2, 0.25) is 0 Å². The number of ether oxygens (including phenoxy) is 3. The number of benzene rings is 3. The van der Waals surface area contributed by atoms with Gasteiger partial charge in [-0.2, -0.15) is 0 Å². The molecule has 3 aromatic carbocycles. The Morgan fingerprint density at radius 3 is 2.40 bits per heavy atom. The smallest absolute Gasteiger partial charge is 0.161 e. The largest absolute Gasteiger partial charge is 0.490 e. The van der Waals surface area contributed by atoms with Crippen LogP contribution in [0.1, 0.15) is 31.0 Å². The summed E-state index contributed by atoms with van der Waals surface area (Å²) in [5, 5.41) is 3.57. The van der Waals surface area contributed by atoms with Gasteiger partial charge in [-0.05, 0) is 73.5 Å². The molecule has 1 unspecified atom stereocenters. The van der Waals surface area contributed by atoms with Crippen molar-refractivity contribution in [2.75, 3.05) is 19.8 Å². The van der Waals surface area contributed by atoms with Crippen LogP contribution >= 0.6 is 0 Å². The molecule has 0 saturated heterocycles. The highest BCUT2D eigenvalue weighted by Gasteiger charge is 2.10. The lowest BCUT2D eigenvalue weighted by molar-refractivity contribution is 0.208. The molecule has 0 fully saturated rings. The number of aromatic nitrogens is 2. The Kier molecular flexibility index (Phi) is 8.35. The number of nitrogens with one attached hydrogen (secondary N) is 1. The van der Waals surface area contributed by atoms with Crippen LogP contribution in [0.15, 0.2) is 85.5 Å². The predicted octanol–water partition coefficient (Wildman–Crippen LogP) is 5.72. The van der Waals surface area contributed by atoms with Crippen LogP contribution in [-0.4, -0.2) is 29.4 Å². The van der Waals surface area contributed by atoms with E-state index in [4.69, 9.17) is 14.2 Å². The number of halogens is 1. The first kappa shape index (κ1) is 24.3. The zero-order valence-electron chi connectivity index (χ0n) is 20.0. The van der Waals surface area contributed by atoms with Gasteiger partial charge in [0.2, 0.25) is 0 Å². The Balaban J connectivity index is 1.29. The van der Waals surface area contributed by atoms with Crippen LogP contribution in [0.3, 0.4) is 0 Å². The first-order valence-electron chi connectivity index (χ1n) is 11.7. The summed E-state index contributed by atoms with van der Waals surface area (Å²) in [5.74, 6) is 1.68. The van der Waals surface area contributed by atoms with Crippen molar-refractivity contribution in [3.8, 4) is 22.9 Å². The third-order valence-corrected chi connectivity index (χ3v) is 5.54. The monoisotopic (exact) mass is 475 g/mol. The van der Waals surface area contributed by atoms with E-state index in [0.717, 1.165) is 11.3 Å². The van der Waals surface area contributed by atoms with Crippen molar-refractivity contribution in [3.05, 3.63) is 102 Å². The molecule has 0 bridgehead atoms. The summed E-state index contributed by atoms with van der Waals surface area (Å²) in [6.07, 6.45) is 5.49. The molecule has 4 aromatic rings. The molecule has 0 radical (unpaired) electrons. The highest BCUT2D eigenvalue weighted by Crippen LogP contribution is 2.29. The van der Waals surface area contributed by atoms with Gasteiger partial charge in [-0.25, -0.2) is 9.37 Å². The van der Waals surface area contributed by atoms with Gasteiger partial charge in [0.1, 0.15) is 24.8 Å². The van der Waals surface area contributed by atoms with Gasteiger partial charge >= 0.3 is 0 Å². The Morgan fingerprint density at radius 1 is 0.914 bits per heavy atom. The number of hydrogen-bond donors (Lipinski definition) is 1. The molecule has 7 heteroatoms. The molecular weight excluding hydrogens is 445 g/mol. The first-order chi connectivity index (χ1) is 17.1. The van der Waals surface area contributed by atoms with Crippen LogP contribution in [-0.2, 0) is 6.54 Å². The predicted molar refractivity (Wildman–Crippen MR) is 134 cm³/mol. The second-order valence-corrected chi connectivity index (χ2v) is 8.03. The standard InChI is InChI=1S/C28H30FN3O3/c1-3-33-28-18-22(4-13-27(28)35-17-16-34-26-11-7-24(29)8-12-26)19-31-21(2)23-5-9-25(10-6-23)32-15-14-30-20-32/h4-15,18,20-21,31H,3,16-17,19H2,1-2H3. The maximum atomic E-state index is 13.0. The van der Waals surface area contributed by atoms with Gasteiger partial charge in [-0.3, -0.25) is 0 Å². The van der Waals surface area contributed by atoms with Crippen LogP contribution in [0.25, 0.3) is 5.69 Å². The van der Waals surface area contributed by atoms with Crippen LogP contribution in [0, 0.1) is 5.82 Å². The van der Waals surface area contributed by atoms with Gasteiger partial charge in [0.05, 0.1) is 12.9 Å². The van der Waals surface area contributed by atoms with E-state index in [1.54, 1.807) is 24.7 Å². The second kappa shape index (κ2) is 12.0. The quantitative estimate of drug-likeness (QED) is 0.266. The van der Waals surface area contributed by atoms with E-state index in [1.807, 2.05) is 35.9 Å². The molecule has 35 heavy (non-hydrogen) atoms. The molecular formula is C28H30FN3O3. The fourth-order valence-electron chi connectivity index (χ4n) is 3.63. The minimum Gasteiger partial charge on any atom is -0.490 e. The van der Waals surface area contributed by atoms with Crippen molar-refractivity contribution in [1.82, 2.24) is 14.9 Å². The third-order valence-electron chi connectivity index (χ3n) is 5.54. The SMILES string of the molecule is CCOc1cc(CNC(C)c2ccc(-n3ccnc3)cc2)ccc1OCCOc1ccc(F)cc1. The van der Waals surface area contributed by atoms with E-state index in [-0.39, 0.29) is 11.9 Å². The fraction of sp³-hybridized carbons (Fsp3) is 0.250. The van der Waals surface area contributed by atoms with Gasteiger partial charge in [0.15, 0.2) is 11.5 Å². The summed E-state index contributed by atoms with van der Waals surface area (Å²) >= 11 is 0. The topological polar surface area (TPSA) is 57.5 Å². The molecule has 0 aliphatic rings. The van der Waals surface area contributed by atoms with E-state index >= 15 is 0 Å². The number of hydrogen-bond acceptors (Lipinski definition) is 5. The maximum Gasteiger partial charge on any atom is 0.161 e. The van der Waals surface area contributed by atoms with Gasteiger partial charge in [0, 0.05) is 30.7 Å². The molecule has 1 atom stereocenters. The molecule has 0 spiro atoms. The third kappa shape index (κ3) is 6.83. The van der Waals surface area contributed by atoms with E-state index in [0.29, 0.717) is 43.6 Å². The summed E-state index contributed by atoms with van der Waals surface area (Å²) in [7, 11) is 0. The van der Waals surface area contributed by atoms with E-state index in [1.165, 1.54) is 17.7 Å². The van der Waals surface area contributed by atoms with Crippen LogP contribution in [0.5, 0.6) is 17.2 Å². The highest BCUT2D eigenvalue weighted by atomic mass is 19.1. The molecule has 6 nitrogen and oxygen atoms in total. The van der Waals surface area contributed by atoms with E-state index < -0.39 is 0 Å². The molecule has 0 aliphatic heterocycles. The van der Waals surface area contributed by atoms with Crippen molar-refractivity contribution < 1.29 is 18.6 Å². The molecule has 4 rings (SSSR count). The van der Waals surface area contributed by atoms with Gasteiger partial charge in [0.25, 0.3) is 0 Å². The molecule has 182 valence electrons. The summed E-state index contributed by atoms with van der Waals surface area (Å²) in [5.41, 5.74) is 3.39. The molecule has 0 amide bonds. The van der Waals surface area contributed by atoms with Crippen LogP contribution in [0.4, 0.5) is 4.39 Å². The van der Waals surface area contributed by atoms with E-state index in [2.05, 4.69) is 41.5 Å². The minimum absolute atomic E-state index is 0.182. The van der Waals surface area contributed by atoms with Crippen molar-refractivity contribution in [2.24, 2.45) is 0 Å². The first-order valence-corrected chi connectivity index (χ1v) is 11.7. The lowest BCUT2D eigenvalue weighted by Gasteiger charge is -2.17. The Hall–Kier alpha value is -3.84. The number of rotatable bonds is 12. The normalized spacial score (nSPS) is 11.7. The Morgan fingerprint density at radius 2 is 1.69 bits per heavy atom. The van der Waals surface area contributed by atoms with Crippen molar-refractivity contribution in [1.29, 1.82) is 0 Å². The Bertz CT molecular complexity index is 1180. The average molecular weight is 476 g/mol. The second-order valence-electron chi connectivity index (χ2n) is 8.03. The Labute approximate surface area is 205 Å². The summed E-state index contributed by atoms with van der Waals surface area (Å²) in [6, 6.07) is 20.5. The summed E-state index contributed by atoms with van der Waals surface area (Å²) < 4.78 is 32.2. The fourth-order valence-corrected chi connectivity index (χ4v) is 3.63. The van der Waals surface area contributed by atoms with Gasteiger partial charge < -0.3 is 24.1 Å². The molecule has 1 heterocycles. The maximum absolute atomic E-state index is 13.0.